The molecule has 0 unspecified atom stereocenters. The highest BCUT2D eigenvalue weighted by Crippen LogP contribution is 2.18. The number of carbonyl (C=O) groups excluding carboxylic acids is 2. The van der Waals surface area contributed by atoms with Gasteiger partial charge in [0.1, 0.15) is 5.75 Å². The predicted molar refractivity (Wildman–Crippen MR) is 93.1 cm³/mol. The molecule has 0 bridgehead atoms. The van der Waals surface area contributed by atoms with Crippen molar-refractivity contribution in [1.29, 1.82) is 0 Å². The van der Waals surface area contributed by atoms with Crippen LogP contribution in [0.25, 0.3) is 6.08 Å². The van der Waals surface area contributed by atoms with Crippen LogP contribution in [-0.2, 0) is 9.53 Å². The Morgan fingerprint density at radius 2 is 1.88 bits per heavy atom. The molecule has 0 heterocycles. The van der Waals surface area contributed by atoms with Gasteiger partial charge in [-0.3, -0.25) is 4.79 Å². The number of halogens is 2. The molecule has 0 radical (unpaired) electrons. The van der Waals surface area contributed by atoms with E-state index in [1.807, 2.05) is 0 Å². The molecule has 0 atom stereocenters. The van der Waals surface area contributed by atoms with Gasteiger partial charge in [0.15, 0.2) is 0 Å². The van der Waals surface area contributed by atoms with Gasteiger partial charge >= 0.3 is 12.6 Å². The molecule has 1 N–H and O–H groups in total. The van der Waals surface area contributed by atoms with Crippen LogP contribution in [0.2, 0.25) is 0 Å². The summed E-state index contributed by atoms with van der Waals surface area (Å²) in [6.07, 6.45) is 2.90. The Morgan fingerprint density at radius 1 is 1.15 bits per heavy atom. The SMILES string of the molecule is CCOC(=O)/C=C/c1ccc(NC(=O)c2cccc(OC(F)F)c2)cc1. The standard InChI is InChI=1S/C19H17F2NO4/c1-2-25-17(23)11-8-13-6-9-15(10-7-13)22-18(24)14-4-3-5-16(12-14)26-19(20)21/h3-12,19H,2H2,1H3,(H,22,24)/b11-8+. The van der Waals surface area contributed by atoms with E-state index in [4.69, 9.17) is 4.74 Å². The van der Waals surface area contributed by atoms with Crippen LogP contribution in [0.4, 0.5) is 14.5 Å². The summed E-state index contributed by atoms with van der Waals surface area (Å²) in [4.78, 5) is 23.5. The van der Waals surface area contributed by atoms with Crippen molar-refractivity contribution in [3.63, 3.8) is 0 Å². The highest BCUT2D eigenvalue weighted by Gasteiger charge is 2.10. The third kappa shape index (κ3) is 6.01. The summed E-state index contributed by atoms with van der Waals surface area (Å²) in [5, 5.41) is 2.65. The van der Waals surface area contributed by atoms with Crippen molar-refractivity contribution in [2.45, 2.75) is 13.5 Å². The van der Waals surface area contributed by atoms with Crippen LogP contribution in [0.5, 0.6) is 5.75 Å². The lowest BCUT2D eigenvalue weighted by Gasteiger charge is -2.08. The van der Waals surface area contributed by atoms with Gasteiger partial charge in [-0.15, -0.1) is 0 Å². The number of benzene rings is 2. The van der Waals surface area contributed by atoms with Crippen molar-refractivity contribution in [2.24, 2.45) is 0 Å². The van der Waals surface area contributed by atoms with Gasteiger partial charge in [0, 0.05) is 17.3 Å². The summed E-state index contributed by atoms with van der Waals surface area (Å²) in [7, 11) is 0. The third-order valence-corrected chi connectivity index (χ3v) is 3.19. The molecule has 0 spiro atoms. The average molecular weight is 361 g/mol. The van der Waals surface area contributed by atoms with E-state index in [1.54, 1.807) is 37.3 Å². The quantitative estimate of drug-likeness (QED) is 0.595. The van der Waals surface area contributed by atoms with E-state index < -0.39 is 18.5 Å². The minimum Gasteiger partial charge on any atom is -0.463 e. The topological polar surface area (TPSA) is 64.6 Å². The molecule has 0 aliphatic carbocycles. The van der Waals surface area contributed by atoms with Crippen molar-refractivity contribution in [3.05, 3.63) is 65.7 Å². The molecule has 2 aromatic carbocycles. The third-order valence-electron chi connectivity index (χ3n) is 3.19. The average Bonchev–Trinajstić information content (AvgIpc) is 2.61. The van der Waals surface area contributed by atoms with Gasteiger partial charge in [-0.05, 0) is 48.9 Å². The normalized spacial score (nSPS) is 10.8. The van der Waals surface area contributed by atoms with E-state index in [2.05, 4.69) is 10.1 Å². The molecule has 7 heteroatoms. The van der Waals surface area contributed by atoms with E-state index in [0.717, 1.165) is 5.56 Å². The van der Waals surface area contributed by atoms with Crippen LogP contribution >= 0.6 is 0 Å². The van der Waals surface area contributed by atoms with Gasteiger partial charge in [0.05, 0.1) is 6.61 Å². The largest absolute Gasteiger partial charge is 0.463 e. The molecule has 0 aliphatic rings. The smallest absolute Gasteiger partial charge is 0.387 e. The van der Waals surface area contributed by atoms with Gasteiger partial charge in [0.25, 0.3) is 5.91 Å². The van der Waals surface area contributed by atoms with E-state index in [0.29, 0.717) is 12.3 Å². The number of rotatable bonds is 7. The molecule has 5 nitrogen and oxygen atoms in total. The van der Waals surface area contributed by atoms with Gasteiger partial charge in [0.2, 0.25) is 0 Å². The maximum Gasteiger partial charge on any atom is 0.387 e. The van der Waals surface area contributed by atoms with Crippen molar-refractivity contribution < 1.29 is 27.8 Å². The lowest BCUT2D eigenvalue weighted by molar-refractivity contribution is -0.137. The highest BCUT2D eigenvalue weighted by atomic mass is 19.3. The fourth-order valence-corrected chi connectivity index (χ4v) is 2.05. The zero-order chi connectivity index (χ0) is 18.9. The number of anilines is 1. The number of amides is 1. The Morgan fingerprint density at radius 3 is 2.54 bits per heavy atom. The summed E-state index contributed by atoms with van der Waals surface area (Å²) in [6.45, 7) is -0.931. The Bertz CT molecular complexity index is 788. The van der Waals surface area contributed by atoms with E-state index in [1.165, 1.54) is 30.3 Å². The number of esters is 1. The second kappa shape index (κ2) is 9.31. The zero-order valence-corrected chi connectivity index (χ0v) is 13.9. The first kappa shape index (κ1) is 19.1. The zero-order valence-electron chi connectivity index (χ0n) is 13.9. The number of carbonyl (C=O) groups is 2. The first-order valence-electron chi connectivity index (χ1n) is 7.79. The van der Waals surface area contributed by atoms with Crippen LogP contribution in [0, 0.1) is 0 Å². The maximum absolute atomic E-state index is 12.2. The number of hydrogen-bond donors (Lipinski definition) is 1. The van der Waals surface area contributed by atoms with Crippen LogP contribution in [0.15, 0.2) is 54.6 Å². The van der Waals surface area contributed by atoms with E-state index in [9.17, 15) is 18.4 Å². The summed E-state index contributed by atoms with van der Waals surface area (Å²) in [6, 6.07) is 12.2. The Balaban J connectivity index is 2.00. The molecular weight excluding hydrogens is 344 g/mol. The lowest BCUT2D eigenvalue weighted by atomic mass is 10.1. The molecular formula is C19H17F2NO4. The monoisotopic (exact) mass is 361 g/mol. The van der Waals surface area contributed by atoms with Gasteiger partial charge in [-0.2, -0.15) is 8.78 Å². The molecule has 26 heavy (non-hydrogen) atoms. The van der Waals surface area contributed by atoms with Crippen molar-refractivity contribution in [2.75, 3.05) is 11.9 Å². The molecule has 136 valence electrons. The second-order valence-electron chi connectivity index (χ2n) is 5.07. The molecule has 0 saturated carbocycles. The summed E-state index contributed by atoms with van der Waals surface area (Å²) < 4.78 is 33.5. The second-order valence-corrected chi connectivity index (χ2v) is 5.07. The molecule has 0 aliphatic heterocycles. The lowest BCUT2D eigenvalue weighted by Crippen LogP contribution is -2.12. The number of hydrogen-bond acceptors (Lipinski definition) is 4. The first-order chi connectivity index (χ1) is 12.5. The van der Waals surface area contributed by atoms with Crippen molar-refractivity contribution in [1.82, 2.24) is 0 Å². The minimum atomic E-state index is -2.96. The Labute approximate surface area is 149 Å². The number of nitrogens with one attached hydrogen (secondary N) is 1. The van der Waals surface area contributed by atoms with Crippen LogP contribution in [0.1, 0.15) is 22.8 Å². The Hall–Kier alpha value is -3.22. The number of ether oxygens (including phenoxy) is 2. The maximum atomic E-state index is 12.2. The van der Waals surface area contributed by atoms with Crippen LogP contribution in [0.3, 0.4) is 0 Å². The van der Waals surface area contributed by atoms with Gasteiger partial charge < -0.3 is 14.8 Å². The fraction of sp³-hybridized carbons (Fsp3) is 0.158. The van der Waals surface area contributed by atoms with Gasteiger partial charge in [-0.1, -0.05) is 18.2 Å². The molecule has 2 rings (SSSR count). The summed E-state index contributed by atoms with van der Waals surface area (Å²) in [5.74, 6) is -0.984. The van der Waals surface area contributed by atoms with Gasteiger partial charge in [-0.25, -0.2) is 4.79 Å². The molecule has 0 aromatic heterocycles. The highest BCUT2D eigenvalue weighted by molar-refractivity contribution is 6.04. The number of alkyl halides is 2. The summed E-state index contributed by atoms with van der Waals surface area (Å²) in [5.41, 5.74) is 1.46. The fourth-order valence-electron chi connectivity index (χ4n) is 2.05. The van der Waals surface area contributed by atoms with Crippen LogP contribution in [-0.4, -0.2) is 25.1 Å². The minimum absolute atomic E-state index is 0.0906. The Kier molecular flexibility index (Phi) is 6.84. The molecule has 1 amide bonds. The van der Waals surface area contributed by atoms with E-state index >= 15 is 0 Å². The van der Waals surface area contributed by atoms with Crippen molar-refractivity contribution >= 4 is 23.6 Å². The first-order valence-corrected chi connectivity index (χ1v) is 7.79. The van der Waals surface area contributed by atoms with Crippen LogP contribution < -0.4 is 10.1 Å². The van der Waals surface area contributed by atoms with Crippen molar-refractivity contribution in [3.8, 4) is 5.75 Å². The van der Waals surface area contributed by atoms with E-state index in [-0.39, 0.29) is 11.3 Å². The summed E-state index contributed by atoms with van der Waals surface area (Å²) >= 11 is 0. The molecule has 2 aromatic rings. The predicted octanol–water partition coefficient (Wildman–Crippen LogP) is 4.12. The molecule has 0 saturated heterocycles. The molecule has 0 fully saturated rings.